The van der Waals surface area contributed by atoms with E-state index in [2.05, 4.69) is 199 Å². The average molecular weight is 757 g/mol. The lowest BCUT2D eigenvalue weighted by Crippen LogP contribution is -2.06. The van der Waals surface area contributed by atoms with Crippen molar-refractivity contribution in [2.45, 2.75) is 0 Å². The molecule has 0 aliphatic heterocycles. The summed E-state index contributed by atoms with van der Waals surface area (Å²) in [5.41, 5.74) is 8.80. The van der Waals surface area contributed by atoms with Crippen LogP contribution in [0.4, 0.5) is 0 Å². The molecular weight excluding hydrogens is 725 g/mol. The Bertz CT molecular complexity index is 3560. The van der Waals surface area contributed by atoms with E-state index < -0.39 is 0 Å². The molecule has 12 aromatic rings. The Hall–Kier alpha value is -7.47. The molecule has 12 rings (SSSR count). The summed E-state index contributed by atoms with van der Waals surface area (Å²) >= 11 is 1.80. The maximum absolute atomic E-state index is 5.40. The molecule has 0 unspecified atom stereocenters. The molecule has 270 valence electrons. The molecule has 0 aliphatic carbocycles. The van der Waals surface area contributed by atoms with Crippen molar-refractivity contribution in [3.63, 3.8) is 0 Å². The molecule has 3 heterocycles. The van der Waals surface area contributed by atoms with E-state index in [4.69, 9.17) is 15.0 Å². The third-order valence-electron chi connectivity index (χ3n) is 11.5. The van der Waals surface area contributed by atoms with Crippen LogP contribution >= 0.6 is 11.3 Å². The highest BCUT2D eigenvalue weighted by Crippen LogP contribution is 2.42. The second-order valence-electron chi connectivity index (χ2n) is 14.7. The molecule has 3 aromatic heterocycles. The number of nitrogens with zero attached hydrogens (tertiary/aromatic N) is 4. The monoisotopic (exact) mass is 756 g/mol. The molecule has 4 nitrogen and oxygen atoms in total. The fraction of sp³-hybridized carbons (Fsp3) is 0. The molecule has 0 radical (unpaired) electrons. The molecule has 9 aromatic carbocycles. The van der Waals surface area contributed by atoms with Crippen molar-refractivity contribution in [1.29, 1.82) is 0 Å². The standard InChI is InChI=1S/C53H32N4S/c1-2-13-33(14-3-1)38-21-10-16-36-17-11-22-39(48(36)38)35-27-29-37(30-28-35)51-54-52(44-23-12-26-47-49(44)43-20-7-9-25-46(43)58-47)56-53(55-51)57-45-24-8-6-19-41(45)42-32-31-34-15-4-5-18-40(34)50(42)57/h1-32H. The first-order valence-electron chi connectivity index (χ1n) is 19.5. The van der Waals surface area contributed by atoms with Crippen molar-refractivity contribution in [1.82, 2.24) is 19.5 Å². The lowest BCUT2D eigenvalue weighted by atomic mass is 9.91. The number of thiophene rings is 1. The molecule has 0 N–H and O–H groups in total. The Morgan fingerprint density at radius 2 is 0.948 bits per heavy atom. The van der Waals surface area contributed by atoms with Gasteiger partial charge in [0.1, 0.15) is 0 Å². The first kappa shape index (κ1) is 32.7. The van der Waals surface area contributed by atoms with Crippen LogP contribution in [0.15, 0.2) is 194 Å². The maximum Gasteiger partial charge on any atom is 0.238 e. The van der Waals surface area contributed by atoms with Gasteiger partial charge < -0.3 is 0 Å². The highest BCUT2D eigenvalue weighted by Gasteiger charge is 2.21. The molecular formula is C53H32N4S. The summed E-state index contributed by atoms with van der Waals surface area (Å²) in [6.45, 7) is 0. The predicted octanol–water partition coefficient (Wildman–Crippen LogP) is 14.3. The summed E-state index contributed by atoms with van der Waals surface area (Å²) in [5, 5.41) is 9.47. The van der Waals surface area contributed by atoms with E-state index in [1.165, 1.54) is 53.0 Å². The minimum atomic E-state index is 0.588. The second-order valence-corrected chi connectivity index (χ2v) is 15.8. The lowest BCUT2D eigenvalue weighted by molar-refractivity contribution is 0.956. The van der Waals surface area contributed by atoms with Gasteiger partial charge in [0.25, 0.3) is 0 Å². The van der Waals surface area contributed by atoms with Crippen LogP contribution in [-0.4, -0.2) is 19.5 Å². The van der Waals surface area contributed by atoms with Crippen molar-refractivity contribution >= 4 is 74.9 Å². The first-order chi connectivity index (χ1) is 28.8. The quantitative estimate of drug-likeness (QED) is 0.176. The van der Waals surface area contributed by atoms with E-state index >= 15 is 0 Å². The summed E-state index contributed by atoms with van der Waals surface area (Å²) < 4.78 is 4.69. The highest BCUT2D eigenvalue weighted by atomic mass is 32.1. The summed E-state index contributed by atoms with van der Waals surface area (Å²) in [7, 11) is 0. The third kappa shape index (κ3) is 5.11. The van der Waals surface area contributed by atoms with E-state index in [9.17, 15) is 0 Å². The maximum atomic E-state index is 5.40. The number of para-hydroxylation sites is 1. The Kier molecular flexibility index (Phi) is 7.37. The van der Waals surface area contributed by atoms with Gasteiger partial charge in [-0.2, -0.15) is 9.97 Å². The second kappa shape index (κ2) is 13.1. The van der Waals surface area contributed by atoms with Gasteiger partial charge in [-0.25, -0.2) is 4.98 Å². The number of hydrogen-bond donors (Lipinski definition) is 0. The molecule has 58 heavy (non-hydrogen) atoms. The van der Waals surface area contributed by atoms with E-state index in [0.29, 0.717) is 17.6 Å². The Morgan fingerprint density at radius 3 is 1.78 bits per heavy atom. The molecule has 0 amide bonds. The number of aromatic nitrogens is 4. The van der Waals surface area contributed by atoms with Gasteiger partial charge in [0.05, 0.1) is 11.0 Å². The molecule has 0 bridgehead atoms. The van der Waals surface area contributed by atoms with Gasteiger partial charge in [-0.3, -0.25) is 4.57 Å². The summed E-state index contributed by atoms with van der Waals surface area (Å²) in [6, 6.07) is 69.1. The number of fused-ring (bicyclic) bond motifs is 9. The molecule has 0 spiro atoms. The lowest BCUT2D eigenvalue weighted by Gasteiger charge is -2.14. The van der Waals surface area contributed by atoms with Crippen LogP contribution in [0.3, 0.4) is 0 Å². The van der Waals surface area contributed by atoms with Gasteiger partial charge in [-0.05, 0) is 56.6 Å². The normalized spacial score (nSPS) is 11.8. The molecule has 5 heteroatoms. The summed E-state index contributed by atoms with van der Waals surface area (Å²) in [6.07, 6.45) is 0. The zero-order valence-electron chi connectivity index (χ0n) is 31.2. The van der Waals surface area contributed by atoms with Gasteiger partial charge in [0, 0.05) is 47.5 Å². The fourth-order valence-electron chi connectivity index (χ4n) is 8.85. The molecule has 0 fully saturated rings. The smallest absolute Gasteiger partial charge is 0.238 e. The van der Waals surface area contributed by atoms with E-state index in [1.807, 2.05) is 0 Å². The number of benzene rings is 9. The van der Waals surface area contributed by atoms with Crippen molar-refractivity contribution in [3.05, 3.63) is 194 Å². The van der Waals surface area contributed by atoms with Crippen LogP contribution in [0, 0.1) is 0 Å². The van der Waals surface area contributed by atoms with Crippen molar-refractivity contribution in [3.8, 4) is 51.0 Å². The third-order valence-corrected chi connectivity index (χ3v) is 12.6. The average Bonchev–Trinajstić information content (AvgIpc) is 3.85. The van der Waals surface area contributed by atoms with Gasteiger partial charge >= 0.3 is 0 Å². The number of rotatable bonds is 5. The van der Waals surface area contributed by atoms with Gasteiger partial charge in [0.2, 0.25) is 5.95 Å². The topological polar surface area (TPSA) is 43.6 Å². The van der Waals surface area contributed by atoms with Crippen LogP contribution < -0.4 is 0 Å². The Balaban J connectivity index is 1.10. The first-order valence-corrected chi connectivity index (χ1v) is 20.3. The Labute approximate surface area is 338 Å². The molecule has 0 saturated carbocycles. The Morgan fingerprint density at radius 1 is 0.345 bits per heavy atom. The van der Waals surface area contributed by atoms with E-state index in [0.717, 1.165) is 43.9 Å². The van der Waals surface area contributed by atoms with Crippen molar-refractivity contribution < 1.29 is 0 Å². The van der Waals surface area contributed by atoms with Crippen molar-refractivity contribution in [2.75, 3.05) is 0 Å². The molecule has 0 atom stereocenters. The van der Waals surface area contributed by atoms with E-state index in [-0.39, 0.29) is 0 Å². The SMILES string of the molecule is c1ccc(-c2cccc3cccc(-c4ccc(-c5nc(-c6cccc7sc8ccccc8c67)nc(-n6c7ccccc7c7ccc8ccccc8c76)n5)cc4)c23)cc1. The van der Waals surface area contributed by atoms with Gasteiger partial charge in [0.15, 0.2) is 11.6 Å². The minimum Gasteiger partial charge on any atom is -0.277 e. The number of hydrogen-bond acceptors (Lipinski definition) is 4. The molecule has 0 aliphatic rings. The van der Waals surface area contributed by atoms with E-state index in [1.54, 1.807) is 11.3 Å². The molecule has 0 saturated heterocycles. The van der Waals surface area contributed by atoms with Crippen LogP contribution in [0.1, 0.15) is 0 Å². The van der Waals surface area contributed by atoms with Gasteiger partial charge in [-0.1, -0.05) is 176 Å². The minimum absolute atomic E-state index is 0.588. The predicted molar refractivity (Wildman–Crippen MR) is 244 cm³/mol. The summed E-state index contributed by atoms with van der Waals surface area (Å²) in [4.78, 5) is 16.1. The van der Waals surface area contributed by atoms with Crippen LogP contribution in [0.2, 0.25) is 0 Å². The largest absolute Gasteiger partial charge is 0.277 e. The van der Waals surface area contributed by atoms with Crippen LogP contribution in [0.25, 0.3) is 115 Å². The zero-order chi connectivity index (χ0) is 38.2. The van der Waals surface area contributed by atoms with Crippen LogP contribution in [-0.2, 0) is 0 Å². The fourth-order valence-corrected chi connectivity index (χ4v) is 9.98. The van der Waals surface area contributed by atoms with Crippen molar-refractivity contribution in [2.24, 2.45) is 0 Å². The van der Waals surface area contributed by atoms with Crippen LogP contribution in [0.5, 0.6) is 0 Å². The zero-order valence-corrected chi connectivity index (χ0v) is 32.0. The van der Waals surface area contributed by atoms with Gasteiger partial charge in [-0.15, -0.1) is 11.3 Å². The summed E-state index contributed by atoms with van der Waals surface area (Å²) in [5.74, 6) is 1.85. The highest BCUT2D eigenvalue weighted by molar-refractivity contribution is 7.25.